The SMILES string of the molecule is Cc1cc(Br)c(F)cc1NC(=O)C1CCCCC1. The highest BCUT2D eigenvalue weighted by molar-refractivity contribution is 9.10. The lowest BCUT2D eigenvalue weighted by atomic mass is 9.88. The van der Waals surface area contributed by atoms with Crippen LogP contribution in [-0.2, 0) is 4.79 Å². The largest absolute Gasteiger partial charge is 0.326 e. The molecule has 0 atom stereocenters. The van der Waals surface area contributed by atoms with Gasteiger partial charge < -0.3 is 5.32 Å². The van der Waals surface area contributed by atoms with Crippen molar-refractivity contribution in [2.24, 2.45) is 5.92 Å². The monoisotopic (exact) mass is 313 g/mol. The van der Waals surface area contributed by atoms with Crippen molar-refractivity contribution in [1.82, 2.24) is 0 Å². The van der Waals surface area contributed by atoms with E-state index in [9.17, 15) is 9.18 Å². The van der Waals surface area contributed by atoms with Crippen molar-refractivity contribution in [3.05, 3.63) is 28.0 Å². The second-order valence-electron chi connectivity index (χ2n) is 4.91. The number of amides is 1. The van der Waals surface area contributed by atoms with Crippen LogP contribution in [0.25, 0.3) is 0 Å². The summed E-state index contributed by atoms with van der Waals surface area (Å²) in [6.45, 7) is 1.86. The Bertz CT molecular complexity index is 455. The van der Waals surface area contributed by atoms with E-state index in [0.717, 1.165) is 31.2 Å². The maximum atomic E-state index is 13.5. The van der Waals surface area contributed by atoms with Gasteiger partial charge in [-0.05, 0) is 53.4 Å². The molecule has 1 amide bonds. The summed E-state index contributed by atoms with van der Waals surface area (Å²) in [7, 11) is 0. The molecule has 1 aliphatic rings. The summed E-state index contributed by atoms with van der Waals surface area (Å²) in [5, 5.41) is 2.85. The summed E-state index contributed by atoms with van der Waals surface area (Å²) in [5.74, 6) is -0.232. The van der Waals surface area contributed by atoms with Gasteiger partial charge in [0.15, 0.2) is 0 Å². The number of carbonyl (C=O) groups is 1. The first-order valence-corrected chi connectivity index (χ1v) is 7.13. The molecule has 1 aliphatic carbocycles. The number of carbonyl (C=O) groups excluding carboxylic acids is 1. The van der Waals surface area contributed by atoms with Crippen LogP contribution in [0.3, 0.4) is 0 Å². The van der Waals surface area contributed by atoms with E-state index >= 15 is 0 Å². The fourth-order valence-electron chi connectivity index (χ4n) is 2.38. The molecule has 0 bridgehead atoms. The Hall–Kier alpha value is -0.900. The predicted molar refractivity (Wildman–Crippen MR) is 74.0 cm³/mol. The number of aryl methyl sites for hydroxylation is 1. The van der Waals surface area contributed by atoms with E-state index in [0.29, 0.717) is 10.2 Å². The Morgan fingerprint density at radius 2 is 2.00 bits per heavy atom. The molecule has 18 heavy (non-hydrogen) atoms. The Labute approximate surface area is 115 Å². The Morgan fingerprint density at radius 1 is 1.33 bits per heavy atom. The van der Waals surface area contributed by atoms with Gasteiger partial charge in [0.05, 0.1) is 4.47 Å². The molecule has 1 N–H and O–H groups in total. The van der Waals surface area contributed by atoms with E-state index in [1.165, 1.54) is 12.5 Å². The zero-order chi connectivity index (χ0) is 13.1. The molecule has 4 heteroatoms. The molecule has 0 unspecified atom stereocenters. The fraction of sp³-hybridized carbons (Fsp3) is 0.500. The molecule has 0 aromatic heterocycles. The molecule has 0 heterocycles. The normalized spacial score (nSPS) is 16.6. The number of benzene rings is 1. The van der Waals surface area contributed by atoms with Crippen LogP contribution < -0.4 is 5.32 Å². The minimum absolute atomic E-state index is 0.0273. The van der Waals surface area contributed by atoms with Gasteiger partial charge in [-0.2, -0.15) is 0 Å². The minimum atomic E-state index is -0.348. The standard InChI is InChI=1S/C14H17BrFNO/c1-9-7-11(15)12(16)8-13(9)17-14(18)10-5-3-2-4-6-10/h7-8,10H,2-6H2,1H3,(H,17,18). The molecular formula is C14H17BrFNO. The van der Waals surface area contributed by atoms with Gasteiger partial charge in [0.25, 0.3) is 0 Å². The molecule has 0 radical (unpaired) electrons. The first kappa shape index (κ1) is 13.5. The van der Waals surface area contributed by atoms with Crippen molar-refractivity contribution in [2.75, 3.05) is 5.32 Å². The topological polar surface area (TPSA) is 29.1 Å². The summed E-state index contributed by atoms with van der Waals surface area (Å²) in [4.78, 5) is 12.1. The van der Waals surface area contributed by atoms with Crippen molar-refractivity contribution in [2.45, 2.75) is 39.0 Å². The van der Waals surface area contributed by atoms with E-state index < -0.39 is 0 Å². The molecule has 98 valence electrons. The highest BCUT2D eigenvalue weighted by Gasteiger charge is 2.21. The summed E-state index contributed by atoms with van der Waals surface area (Å²) in [6.07, 6.45) is 5.35. The average molecular weight is 314 g/mol. The van der Waals surface area contributed by atoms with Crippen molar-refractivity contribution in [3.8, 4) is 0 Å². The number of nitrogens with one attached hydrogen (secondary N) is 1. The zero-order valence-corrected chi connectivity index (χ0v) is 12.0. The van der Waals surface area contributed by atoms with Crippen LogP contribution in [0.2, 0.25) is 0 Å². The number of halogens is 2. The number of anilines is 1. The van der Waals surface area contributed by atoms with E-state index in [1.807, 2.05) is 6.92 Å². The third kappa shape index (κ3) is 3.10. The Balaban J connectivity index is 2.08. The number of hydrogen-bond acceptors (Lipinski definition) is 1. The summed E-state index contributed by atoms with van der Waals surface area (Å²) >= 11 is 3.14. The Morgan fingerprint density at radius 3 is 2.67 bits per heavy atom. The molecule has 2 nitrogen and oxygen atoms in total. The number of rotatable bonds is 2. The van der Waals surface area contributed by atoms with E-state index in [-0.39, 0.29) is 17.6 Å². The first-order valence-electron chi connectivity index (χ1n) is 6.34. The second-order valence-corrected chi connectivity index (χ2v) is 5.76. The molecule has 0 saturated heterocycles. The van der Waals surface area contributed by atoms with Crippen LogP contribution in [0.1, 0.15) is 37.7 Å². The van der Waals surface area contributed by atoms with Gasteiger partial charge in [-0.25, -0.2) is 4.39 Å². The molecule has 0 aliphatic heterocycles. The highest BCUT2D eigenvalue weighted by Crippen LogP contribution is 2.27. The van der Waals surface area contributed by atoms with Gasteiger partial charge >= 0.3 is 0 Å². The lowest BCUT2D eigenvalue weighted by molar-refractivity contribution is -0.120. The van der Waals surface area contributed by atoms with Crippen molar-refractivity contribution >= 4 is 27.5 Å². The van der Waals surface area contributed by atoms with Gasteiger partial charge in [-0.3, -0.25) is 4.79 Å². The quantitative estimate of drug-likeness (QED) is 0.860. The first-order chi connectivity index (χ1) is 8.58. The summed E-state index contributed by atoms with van der Waals surface area (Å²) < 4.78 is 13.9. The van der Waals surface area contributed by atoms with Crippen LogP contribution in [-0.4, -0.2) is 5.91 Å². The lowest BCUT2D eigenvalue weighted by Crippen LogP contribution is -2.25. The third-order valence-electron chi connectivity index (χ3n) is 3.50. The van der Waals surface area contributed by atoms with Gasteiger partial charge in [-0.1, -0.05) is 19.3 Å². The van der Waals surface area contributed by atoms with Crippen LogP contribution in [0, 0.1) is 18.7 Å². The van der Waals surface area contributed by atoms with E-state index in [4.69, 9.17) is 0 Å². The van der Waals surface area contributed by atoms with Gasteiger partial charge in [0, 0.05) is 11.6 Å². The molecule has 1 fully saturated rings. The fourth-order valence-corrected chi connectivity index (χ4v) is 2.84. The van der Waals surface area contributed by atoms with Gasteiger partial charge in [0.2, 0.25) is 5.91 Å². The average Bonchev–Trinajstić information content (AvgIpc) is 2.37. The van der Waals surface area contributed by atoms with Crippen LogP contribution >= 0.6 is 15.9 Å². The van der Waals surface area contributed by atoms with Crippen LogP contribution in [0.5, 0.6) is 0 Å². The van der Waals surface area contributed by atoms with Gasteiger partial charge in [-0.15, -0.1) is 0 Å². The number of hydrogen-bond donors (Lipinski definition) is 1. The maximum absolute atomic E-state index is 13.5. The Kier molecular flexibility index (Phi) is 4.38. The van der Waals surface area contributed by atoms with Crippen LogP contribution in [0.15, 0.2) is 16.6 Å². The van der Waals surface area contributed by atoms with Crippen molar-refractivity contribution in [3.63, 3.8) is 0 Å². The molecule has 1 aromatic rings. The molecule has 1 aromatic carbocycles. The van der Waals surface area contributed by atoms with E-state index in [2.05, 4.69) is 21.2 Å². The minimum Gasteiger partial charge on any atom is -0.326 e. The van der Waals surface area contributed by atoms with Gasteiger partial charge in [0.1, 0.15) is 5.82 Å². The molecule has 0 spiro atoms. The molecular weight excluding hydrogens is 297 g/mol. The zero-order valence-electron chi connectivity index (χ0n) is 10.4. The van der Waals surface area contributed by atoms with Crippen molar-refractivity contribution < 1.29 is 9.18 Å². The third-order valence-corrected chi connectivity index (χ3v) is 4.11. The second kappa shape index (κ2) is 5.83. The predicted octanol–water partition coefficient (Wildman–Crippen LogP) is 4.42. The highest BCUT2D eigenvalue weighted by atomic mass is 79.9. The van der Waals surface area contributed by atoms with Crippen molar-refractivity contribution in [1.29, 1.82) is 0 Å². The molecule has 1 saturated carbocycles. The van der Waals surface area contributed by atoms with E-state index in [1.54, 1.807) is 6.07 Å². The summed E-state index contributed by atoms with van der Waals surface area (Å²) in [6, 6.07) is 3.06. The lowest BCUT2D eigenvalue weighted by Gasteiger charge is -2.21. The molecule has 2 rings (SSSR count). The van der Waals surface area contributed by atoms with Crippen LogP contribution in [0.4, 0.5) is 10.1 Å². The summed E-state index contributed by atoms with van der Waals surface area (Å²) in [5.41, 5.74) is 1.44. The maximum Gasteiger partial charge on any atom is 0.227 e. The smallest absolute Gasteiger partial charge is 0.227 e.